The van der Waals surface area contributed by atoms with E-state index in [1.807, 2.05) is 48.5 Å². The number of anilines is 2. The second kappa shape index (κ2) is 7.11. The normalized spacial score (nSPS) is 16.8. The van der Waals surface area contributed by atoms with Gasteiger partial charge in [0.1, 0.15) is 5.25 Å². The Morgan fingerprint density at radius 1 is 1.00 bits per heavy atom. The summed E-state index contributed by atoms with van der Waals surface area (Å²) in [5.41, 5.74) is 1.58. The summed E-state index contributed by atoms with van der Waals surface area (Å²) in [6, 6.07) is 18.7. The molecule has 0 aliphatic carbocycles. The summed E-state index contributed by atoms with van der Waals surface area (Å²) in [7, 11) is 0. The molecular formula is C17H15N3O2S. The molecule has 23 heavy (non-hydrogen) atoms. The molecule has 0 spiro atoms. The number of aliphatic imine (C=N–C) groups is 1. The molecule has 1 aliphatic heterocycles. The van der Waals surface area contributed by atoms with Crippen molar-refractivity contribution < 1.29 is 9.59 Å². The number of hydrogen-bond donors (Lipinski definition) is 2. The minimum Gasteiger partial charge on any atom is -0.335 e. The van der Waals surface area contributed by atoms with E-state index in [1.54, 1.807) is 12.1 Å². The zero-order chi connectivity index (χ0) is 16.1. The van der Waals surface area contributed by atoms with Gasteiger partial charge in [-0.1, -0.05) is 48.2 Å². The molecule has 1 aliphatic rings. The molecule has 2 N–H and O–H groups in total. The van der Waals surface area contributed by atoms with Crippen LogP contribution >= 0.6 is 11.8 Å². The Morgan fingerprint density at radius 3 is 2.26 bits per heavy atom. The first kappa shape index (κ1) is 15.3. The number of nitrogens with zero attached hydrogens (tertiary/aromatic N) is 1. The lowest BCUT2D eigenvalue weighted by Gasteiger charge is -2.09. The zero-order valence-electron chi connectivity index (χ0n) is 12.2. The highest BCUT2D eigenvalue weighted by Crippen LogP contribution is 2.26. The number of carbonyl (C=O) groups is 2. The fourth-order valence-electron chi connectivity index (χ4n) is 2.12. The van der Waals surface area contributed by atoms with Crippen molar-refractivity contribution in [2.24, 2.45) is 4.99 Å². The van der Waals surface area contributed by atoms with Gasteiger partial charge in [0.15, 0.2) is 5.17 Å². The average molecular weight is 325 g/mol. The summed E-state index contributed by atoms with van der Waals surface area (Å²) in [6.45, 7) is 0. The van der Waals surface area contributed by atoms with Crippen molar-refractivity contribution in [2.45, 2.75) is 11.7 Å². The fraction of sp³-hybridized carbons (Fsp3) is 0.118. The van der Waals surface area contributed by atoms with Crippen LogP contribution in [0.4, 0.5) is 11.4 Å². The zero-order valence-corrected chi connectivity index (χ0v) is 13.0. The molecule has 0 radical (unpaired) electrons. The highest BCUT2D eigenvalue weighted by molar-refractivity contribution is 8.15. The van der Waals surface area contributed by atoms with Crippen molar-refractivity contribution >= 4 is 40.1 Å². The Hall–Kier alpha value is -2.60. The number of hydrogen-bond acceptors (Lipinski definition) is 4. The largest absolute Gasteiger partial charge is 0.335 e. The van der Waals surface area contributed by atoms with Gasteiger partial charge in [0.2, 0.25) is 5.91 Å². The van der Waals surface area contributed by atoms with Crippen molar-refractivity contribution in [3.8, 4) is 0 Å². The van der Waals surface area contributed by atoms with E-state index in [1.165, 1.54) is 11.8 Å². The van der Waals surface area contributed by atoms with Crippen LogP contribution in [0.2, 0.25) is 0 Å². The monoisotopic (exact) mass is 325 g/mol. The molecule has 1 unspecified atom stereocenters. The molecule has 0 bridgehead atoms. The Kier molecular flexibility index (Phi) is 4.73. The predicted molar refractivity (Wildman–Crippen MR) is 93.6 cm³/mol. The molecule has 1 heterocycles. The van der Waals surface area contributed by atoms with Crippen LogP contribution in [-0.4, -0.2) is 22.2 Å². The predicted octanol–water partition coefficient (Wildman–Crippen LogP) is 3.13. The summed E-state index contributed by atoms with van der Waals surface area (Å²) in [5.74, 6) is -0.477. The van der Waals surface area contributed by atoms with Crippen LogP contribution in [0.15, 0.2) is 65.7 Å². The maximum Gasteiger partial charge on any atom is 0.262 e. The molecule has 116 valence electrons. The third-order valence-electron chi connectivity index (χ3n) is 3.19. The molecule has 1 atom stereocenters. The van der Waals surface area contributed by atoms with Gasteiger partial charge in [-0.15, -0.1) is 0 Å². The molecule has 6 heteroatoms. The summed E-state index contributed by atoms with van der Waals surface area (Å²) in [5, 5.41) is 5.91. The first-order chi connectivity index (χ1) is 11.2. The highest BCUT2D eigenvalue weighted by atomic mass is 32.2. The van der Waals surface area contributed by atoms with E-state index in [9.17, 15) is 9.59 Å². The Labute approximate surface area is 138 Å². The van der Waals surface area contributed by atoms with E-state index in [4.69, 9.17) is 0 Å². The second-order valence-electron chi connectivity index (χ2n) is 4.97. The number of benzene rings is 2. The van der Waals surface area contributed by atoms with Gasteiger partial charge in [-0.05, 0) is 24.3 Å². The van der Waals surface area contributed by atoms with Crippen LogP contribution in [0.1, 0.15) is 6.42 Å². The molecule has 2 aromatic rings. The van der Waals surface area contributed by atoms with Crippen LogP contribution < -0.4 is 10.6 Å². The first-order valence-corrected chi connectivity index (χ1v) is 8.05. The van der Waals surface area contributed by atoms with E-state index in [0.717, 1.165) is 11.4 Å². The molecular weight excluding hydrogens is 310 g/mol. The molecule has 0 saturated heterocycles. The summed E-state index contributed by atoms with van der Waals surface area (Å²) in [6.07, 6.45) is 0.0991. The van der Waals surface area contributed by atoms with E-state index in [0.29, 0.717) is 5.17 Å². The Morgan fingerprint density at radius 2 is 1.61 bits per heavy atom. The van der Waals surface area contributed by atoms with Crippen molar-refractivity contribution in [3.63, 3.8) is 0 Å². The second-order valence-corrected chi connectivity index (χ2v) is 6.16. The summed E-state index contributed by atoms with van der Waals surface area (Å²) >= 11 is 1.28. The third kappa shape index (κ3) is 4.20. The average Bonchev–Trinajstić information content (AvgIpc) is 2.88. The molecule has 5 nitrogen and oxygen atoms in total. The standard InChI is InChI=1S/C17H15N3O2S/c21-15(18-12-7-3-1-4-8-12)11-14-16(22)20-17(23-14)19-13-9-5-2-6-10-13/h1-10,14H,11H2,(H,18,21)(H,19,20,22). The topological polar surface area (TPSA) is 70.6 Å². The minimum absolute atomic E-state index is 0.0991. The maximum absolute atomic E-state index is 12.0. The SMILES string of the molecule is O=C(CC1SC(Nc2ccccc2)=NC1=O)Nc1ccccc1. The van der Waals surface area contributed by atoms with Gasteiger partial charge >= 0.3 is 0 Å². The lowest BCUT2D eigenvalue weighted by Crippen LogP contribution is -2.21. The van der Waals surface area contributed by atoms with Gasteiger partial charge < -0.3 is 10.6 Å². The van der Waals surface area contributed by atoms with Crippen molar-refractivity contribution in [1.82, 2.24) is 0 Å². The minimum atomic E-state index is -0.482. The fourth-order valence-corrected chi connectivity index (χ4v) is 3.09. The van der Waals surface area contributed by atoms with E-state index < -0.39 is 5.25 Å². The van der Waals surface area contributed by atoms with Gasteiger partial charge in [0, 0.05) is 17.8 Å². The molecule has 0 fully saturated rings. The van der Waals surface area contributed by atoms with Gasteiger partial charge in [0.05, 0.1) is 0 Å². The number of thioether (sulfide) groups is 1. The van der Waals surface area contributed by atoms with Crippen molar-refractivity contribution in [3.05, 3.63) is 60.7 Å². The smallest absolute Gasteiger partial charge is 0.262 e. The van der Waals surface area contributed by atoms with Crippen LogP contribution in [0.3, 0.4) is 0 Å². The summed E-state index contributed by atoms with van der Waals surface area (Å²) < 4.78 is 0. The van der Waals surface area contributed by atoms with E-state index in [-0.39, 0.29) is 18.2 Å². The van der Waals surface area contributed by atoms with Crippen LogP contribution in [-0.2, 0) is 9.59 Å². The van der Waals surface area contributed by atoms with Gasteiger partial charge in [-0.25, -0.2) is 0 Å². The van der Waals surface area contributed by atoms with Crippen molar-refractivity contribution in [1.29, 1.82) is 0 Å². The first-order valence-electron chi connectivity index (χ1n) is 7.17. The van der Waals surface area contributed by atoms with Gasteiger partial charge in [-0.3, -0.25) is 9.59 Å². The van der Waals surface area contributed by atoms with Crippen LogP contribution in [0, 0.1) is 0 Å². The Balaban J connectivity index is 1.54. The van der Waals surface area contributed by atoms with E-state index >= 15 is 0 Å². The van der Waals surface area contributed by atoms with Gasteiger partial charge in [-0.2, -0.15) is 4.99 Å². The quantitative estimate of drug-likeness (QED) is 0.906. The molecule has 0 saturated carbocycles. The molecule has 3 rings (SSSR count). The lowest BCUT2D eigenvalue weighted by molar-refractivity contribution is -0.121. The molecule has 2 amide bonds. The van der Waals surface area contributed by atoms with Crippen LogP contribution in [0.5, 0.6) is 0 Å². The highest BCUT2D eigenvalue weighted by Gasteiger charge is 2.30. The van der Waals surface area contributed by atoms with Gasteiger partial charge in [0.25, 0.3) is 5.91 Å². The van der Waals surface area contributed by atoms with E-state index in [2.05, 4.69) is 15.6 Å². The molecule has 2 aromatic carbocycles. The summed E-state index contributed by atoms with van der Waals surface area (Å²) in [4.78, 5) is 27.9. The third-order valence-corrected chi connectivity index (χ3v) is 4.26. The number of amides is 2. The number of rotatable bonds is 4. The lowest BCUT2D eigenvalue weighted by atomic mass is 10.2. The Bertz CT molecular complexity index is 732. The maximum atomic E-state index is 12.0. The number of amidine groups is 1. The number of carbonyl (C=O) groups excluding carboxylic acids is 2. The number of nitrogens with one attached hydrogen (secondary N) is 2. The number of para-hydroxylation sites is 2. The molecule has 0 aromatic heterocycles. The van der Waals surface area contributed by atoms with Crippen molar-refractivity contribution in [2.75, 3.05) is 10.6 Å². The van der Waals surface area contributed by atoms with Crippen LogP contribution in [0.25, 0.3) is 0 Å².